The van der Waals surface area contributed by atoms with Crippen LogP contribution in [0.15, 0.2) is 57.7 Å². The molecule has 144 valence electrons. The summed E-state index contributed by atoms with van der Waals surface area (Å²) in [6.07, 6.45) is 0.0138. The first-order valence-corrected chi connectivity index (χ1v) is 8.72. The number of ether oxygens (including phenoxy) is 1. The van der Waals surface area contributed by atoms with Crippen LogP contribution in [0.2, 0.25) is 5.02 Å². The van der Waals surface area contributed by atoms with Crippen molar-refractivity contribution in [2.45, 2.75) is 12.5 Å². The molecule has 2 aromatic carbocycles. The van der Waals surface area contributed by atoms with E-state index in [0.717, 1.165) is 0 Å². The average molecular weight is 401 g/mol. The van der Waals surface area contributed by atoms with Crippen LogP contribution in [0.4, 0.5) is 0 Å². The lowest BCUT2D eigenvalue weighted by atomic mass is 10.0. The standard InChI is InChI=1S/C20H17ClN2O5/c1-27-12-6-7-13-11(9-18(24)28-17(13)10-12)8-16(19(22)25)23-20(26)14-4-2-3-5-15(14)21/h2-7,9-10,16H,8H2,1H3,(H2,22,25)(H,23,26)/t16-/m1/s1. The number of fused-ring (bicyclic) bond motifs is 1. The van der Waals surface area contributed by atoms with Crippen molar-refractivity contribution in [2.24, 2.45) is 5.73 Å². The van der Waals surface area contributed by atoms with Crippen LogP contribution in [0.3, 0.4) is 0 Å². The van der Waals surface area contributed by atoms with E-state index in [0.29, 0.717) is 22.3 Å². The van der Waals surface area contributed by atoms with Gasteiger partial charge in [0.25, 0.3) is 5.91 Å². The Bertz CT molecular complexity index is 1110. The lowest BCUT2D eigenvalue weighted by Gasteiger charge is -2.17. The number of methoxy groups -OCH3 is 1. The van der Waals surface area contributed by atoms with Gasteiger partial charge >= 0.3 is 5.63 Å². The molecule has 7 nitrogen and oxygen atoms in total. The molecule has 0 saturated carbocycles. The summed E-state index contributed by atoms with van der Waals surface area (Å²) < 4.78 is 10.3. The second-order valence-electron chi connectivity index (χ2n) is 6.07. The van der Waals surface area contributed by atoms with Crippen molar-refractivity contribution in [3.05, 3.63) is 75.1 Å². The van der Waals surface area contributed by atoms with Gasteiger partial charge in [-0.25, -0.2) is 4.79 Å². The maximum Gasteiger partial charge on any atom is 0.336 e. The van der Waals surface area contributed by atoms with Crippen LogP contribution in [-0.2, 0) is 11.2 Å². The van der Waals surface area contributed by atoms with E-state index in [1.54, 1.807) is 36.4 Å². The third-order valence-corrected chi connectivity index (χ3v) is 4.56. The van der Waals surface area contributed by atoms with Crippen LogP contribution >= 0.6 is 11.6 Å². The van der Waals surface area contributed by atoms with Crippen LogP contribution in [0.25, 0.3) is 11.0 Å². The van der Waals surface area contributed by atoms with E-state index in [1.807, 2.05) is 0 Å². The Balaban J connectivity index is 1.93. The molecular weight excluding hydrogens is 384 g/mol. The van der Waals surface area contributed by atoms with Gasteiger partial charge < -0.3 is 20.2 Å². The molecule has 1 atom stereocenters. The van der Waals surface area contributed by atoms with Gasteiger partial charge in [0.2, 0.25) is 5.91 Å². The number of nitrogens with one attached hydrogen (secondary N) is 1. The topological polar surface area (TPSA) is 112 Å². The van der Waals surface area contributed by atoms with Crippen LogP contribution in [0.5, 0.6) is 5.75 Å². The number of amides is 2. The third kappa shape index (κ3) is 4.15. The zero-order valence-corrected chi connectivity index (χ0v) is 15.7. The summed E-state index contributed by atoms with van der Waals surface area (Å²) in [5.41, 5.74) is 5.92. The van der Waals surface area contributed by atoms with Crippen molar-refractivity contribution >= 4 is 34.4 Å². The van der Waals surface area contributed by atoms with Gasteiger partial charge in [0.1, 0.15) is 17.4 Å². The first-order chi connectivity index (χ1) is 13.4. The minimum atomic E-state index is -1.05. The Morgan fingerprint density at radius 2 is 1.96 bits per heavy atom. The quantitative estimate of drug-likeness (QED) is 0.616. The molecule has 28 heavy (non-hydrogen) atoms. The van der Waals surface area contributed by atoms with Crippen LogP contribution in [-0.4, -0.2) is 25.0 Å². The highest BCUT2D eigenvalue weighted by atomic mass is 35.5. The Morgan fingerprint density at radius 3 is 2.64 bits per heavy atom. The Morgan fingerprint density at radius 1 is 1.21 bits per heavy atom. The molecule has 3 aromatic rings. The van der Waals surface area contributed by atoms with Crippen molar-refractivity contribution in [1.29, 1.82) is 0 Å². The number of carbonyl (C=O) groups excluding carboxylic acids is 2. The normalized spacial score (nSPS) is 11.8. The van der Waals surface area contributed by atoms with E-state index < -0.39 is 23.5 Å². The van der Waals surface area contributed by atoms with Crippen molar-refractivity contribution < 1.29 is 18.7 Å². The smallest absolute Gasteiger partial charge is 0.336 e. The summed E-state index contributed by atoms with van der Waals surface area (Å²) >= 11 is 6.03. The molecule has 0 saturated heterocycles. The summed E-state index contributed by atoms with van der Waals surface area (Å²) in [7, 11) is 1.50. The number of hydrogen-bond donors (Lipinski definition) is 2. The first-order valence-electron chi connectivity index (χ1n) is 8.34. The maximum atomic E-state index is 12.5. The molecule has 0 bridgehead atoms. The fourth-order valence-corrected chi connectivity index (χ4v) is 3.05. The van der Waals surface area contributed by atoms with E-state index in [2.05, 4.69) is 5.32 Å². The molecule has 0 radical (unpaired) electrons. The number of halogens is 1. The number of rotatable bonds is 6. The predicted octanol–water partition coefficient (Wildman–Crippen LogP) is 2.28. The molecule has 3 N–H and O–H groups in total. The van der Waals surface area contributed by atoms with E-state index in [4.69, 9.17) is 26.5 Å². The molecule has 0 unspecified atom stereocenters. The van der Waals surface area contributed by atoms with Gasteiger partial charge in [-0.2, -0.15) is 0 Å². The molecule has 0 aliphatic rings. The number of benzene rings is 2. The van der Waals surface area contributed by atoms with Gasteiger partial charge in [0.15, 0.2) is 0 Å². The number of carbonyl (C=O) groups is 2. The Kier molecular flexibility index (Phi) is 5.65. The summed E-state index contributed by atoms with van der Waals surface area (Å²) in [5.74, 6) is -0.759. The second-order valence-corrected chi connectivity index (χ2v) is 6.47. The number of nitrogens with two attached hydrogens (primary N) is 1. The summed E-state index contributed by atoms with van der Waals surface area (Å²) in [6.45, 7) is 0. The van der Waals surface area contributed by atoms with Gasteiger partial charge in [0, 0.05) is 23.9 Å². The van der Waals surface area contributed by atoms with Crippen LogP contribution in [0.1, 0.15) is 15.9 Å². The van der Waals surface area contributed by atoms with Crippen LogP contribution < -0.4 is 21.4 Å². The highest BCUT2D eigenvalue weighted by molar-refractivity contribution is 6.33. The molecule has 3 rings (SSSR count). The lowest BCUT2D eigenvalue weighted by Crippen LogP contribution is -2.46. The molecule has 1 aromatic heterocycles. The summed E-state index contributed by atoms with van der Waals surface area (Å²) in [6, 6.07) is 11.7. The summed E-state index contributed by atoms with van der Waals surface area (Å²) in [5, 5.41) is 3.43. The molecule has 0 spiro atoms. The summed E-state index contributed by atoms with van der Waals surface area (Å²) in [4.78, 5) is 36.3. The van der Waals surface area contributed by atoms with Gasteiger partial charge in [-0.3, -0.25) is 9.59 Å². The van der Waals surface area contributed by atoms with Gasteiger partial charge in [-0.15, -0.1) is 0 Å². The molecular formula is C20H17ClN2O5. The molecule has 0 aliphatic carbocycles. The van der Waals surface area contributed by atoms with Crippen molar-refractivity contribution in [2.75, 3.05) is 7.11 Å². The Hall–Kier alpha value is -3.32. The Labute approximate surface area is 165 Å². The molecule has 2 amide bonds. The monoisotopic (exact) mass is 400 g/mol. The molecule has 0 aliphatic heterocycles. The minimum Gasteiger partial charge on any atom is -0.497 e. The number of hydrogen-bond acceptors (Lipinski definition) is 5. The van der Waals surface area contributed by atoms with Gasteiger partial charge in [-0.05, 0) is 29.8 Å². The minimum absolute atomic E-state index is 0.0138. The van der Waals surface area contributed by atoms with Crippen molar-refractivity contribution in [3.63, 3.8) is 0 Å². The zero-order chi connectivity index (χ0) is 20.3. The van der Waals surface area contributed by atoms with Gasteiger partial charge in [-0.1, -0.05) is 23.7 Å². The van der Waals surface area contributed by atoms with E-state index in [-0.39, 0.29) is 17.0 Å². The van der Waals surface area contributed by atoms with Crippen LogP contribution in [0, 0.1) is 0 Å². The maximum absolute atomic E-state index is 12.5. The fraction of sp³-hybridized carbons (Fsp3) is 0.150. The number of primary amides is 1. The molecule has 8 heteroatoms. The van der Waals surface area contributed by atoms with Crippen molar-refractivity contribution in [1.82, 2.24) is 5.32 Å². The second kappa shape index (κ2) is 8.14. The predicted molar refractivity (Wildman–Crippen MR) is 105 cm³/mol. The molecule has 1 heterocycles. The third-order valence-electron chi connectivity index (χ3n) is 4.23. The fourth-order valence-electron chi connectivity index (χ4n) is 2.83. The SMILES string of the molecule is COc1ccc2c(C[C@@H](NC(=O)c3ccccc3Cl)C(N)=O)cc(=O)oc2c1. The van der Waals surface area contributed by atoms with E-state index in [9.17, 15) is 14.4 Å². The zero-order valence-electron chi connectivity index (χ0n) is 14.9. The van der Waals surface area contributed by atoms with E-state index in [1.165, 1.54) is 19.2 Å². The first kappa shape index (κ1) is 19.4. The lowest BCUT2D eigenvalue weighted by molar-refractivity contribution is -0.119. The largest absolute Gasteiger partial charge is 0.497 e. The highest BCUT2D eigenvalue weighted by Crippen LogP contribution is 2.23. The van der Waals surface area contributed by atoms with E-state index >= 15 is 0 Å². The highest BCUT2D eigenvalue weighted by Gasteiger charge is 2.22. The average Bonchev–Trinajstić information content (AvgIpc) is 2.66. The van der Waals surface area contributed by atoms with Gasteiger partial charge in [0.05, 0.1) is 17.7 Å². The van der Waals surface area contributed by atoms with Crippen molar-refractivity contribution in [3.8, 4) is 5.75 Å². The molecule has 0 fully saturated rings.